The predicted octanol–water partition coefficient (Wildman–Crippen LogP) is 4.96. The van der Waals surface area contributed by atoms with E-state index in [0.29, 0.717) is 28.2 Å². The normalized spacial score (nSPS) is 10.8. The summed E-state index contributed by atoms with van der Waals surface area (Å²) >= 11 is 0. The molecule has 1 heterocycles. The van der Waals surface area contributed by atoms with E-state index in [2.05, 4.69) is 10.3 Å². The van der Waals surface area contributed by atoms with E-state index in [1.54, 1.807) is 18.2 Å². The second kappa shape index (κ2) is 6.96. The molecule has 7 heteroatoms. The van der Waals surface area contributed by atoms with Crippen LogP contribution >= 0.6 is 0 Å². The average molecular weight is 373 g/mol. The molecule has 0 fully saturated rings. The molecule has 0 bridgehead atoms. The van der Waals surface area contributed by atoms with Crippen LogP contribution < -0.4 is 5.32 Å². The molecular weight excluding hydrogens is 358 g/mol. The summed E-state index contributed by atoms with van der Waals surface area (Å²) < 4.78 is 5.83. The number of aryl methyl sites for hydroxylation is 1. The number of nitrogens with one attached hydrogen (secondary N) is 1. The molecule has 0 saturated carbocycles. The second-order valence-electron chi connectivity index (χ2n) is 6.27. The number of benzene rings is 3. The molecule has 138 valence electrons. The molecule has 1 amide bonds. The van der Waals surface area contributed by atoms with E-state index < -0.39 is 4.92 Å². The summed E-state index contributed by atoms with van der Waals surface area (Å²) in [5, 5.41) is 13.5. The third-order valence-electron chi connectivity index (χ3n) is 4.36. The molecule has 7 nitrogen and oxygen atoms in total. The van der Waals surface area contributed by atoms with Crippen molar-refractivity contribution in [3.8, 4) is 11.5 Å². The summed E-state index contributed by atoms with van der Waals surface area (Å²) in [5.74, 6) is 0.156. The number of fused-ring (bicyclic) bond motifs is 1. The quantitative estimate of drug-likeness (QED) is 0.402. The van der Waals surface area contributed by atoms with Gasteiger partial charge in [0.15, 0.2) is 5.58 Å². The van der Waals surface area contributed by atoms with Crippen molar-refractivity contribution in [2.24, 2.45) is 0 Å². The summed E-state index contributed by atoms with van der Waals surface area (Å²) in [5.41, 5.74) is 4.03. The third kappa shape index (κ3) is 3.33. The fourth-order valence-corrected chi connectivity index (χ4v) is 2.87. The van der Waals surface area contributed by atoms with Gasteiger partial charge in [0.05, 0.1) is 4.92 Å². The summed E-state index contributed by atoms with van der Waals surface area (Å²) in [6.07, 6.45) is 0. The molecule has 0 spiro atoms. The SMILES string of the molecule is Cc1ccccc1-c1nc2cc(NC(=O)c3ccc([N+](=O)[O-])cc3)ccc2o1. The van der Waals surface area contributed by atoms with Crippen molar-refractivity contribution >= 4 is 28.4 Å². The van der Waals surface area contributed by atoms with Crippen LogP contribution in [0.4, 0.5) is 11.4 Å². The summed E-state index contributed by atoms with van der Waals surface area (Å²) in [6.45, 7) is 1.99. The van der Waals surface area contributed by atoms with Crippen LogP contribution in [0.5, 0.6) is 0 Å². The van der Waals surface area contributed by atoms with E-state index in [0.717, 1.165) is 11.1 Å². The van der Waals surface area contributed by atoms with E-state index in [9.17, 15) is 14.9 Å². The standard InChI is InChI=1S/C21H15N3O4/c1-13-4-2-3-5-17(13)21-23-18-12-15(8-11-19(18)28-21)22-20(25)14-6-9-16(10-7-14)24(26)27/h2-12H,1H3,(H,22,25). The highest BCUT2D eigenvalue weighted by molar-refractivity contribution is 6.05. The Kier molecular flexibility index (Phi) is 4.33. The lowest BCUT2D eigenvalue weighted by Crippen LogP contribution is -2.11. The van der Waals surface area contributed by atoms with Gasteiger partial charge in [0.25, 0.3) is 11.6 Å². The number of rotatable bonds is 4. The molecule has 4 rings (SSSR count). The molecular formula is C21H15N3O4. The number of amides is 1. The number of nitro groups is 1. The Morgan fingerprint density at radius 2 is 1.82 bits per heavy atom. The van der Waals surface area contributed by atoms with Gasteiger partial charge in [0.2, 0.25) is 5.89 Å². The van der Waals surface area contributed by atoms with Crippen molar-refractivity contribution in [1.29, 1.82) is 0 Å². The zero-order valence-corrected chi connectivity index (χ0v) is 14.9. The Morgan fingerprint density at radius 3 is 2.54 bits per heavy atom. The van der Waals surface area contributed by atoms with Gasteiger partial charge in [-0.2, -0.15) is 0 Å². The van der Waals surface area contributed by atoms with E-state index in [1.165, 1.54) is 24.3 Å². The predicted molar refractivity (Wildman–Crippen MR) is 105 cm³/mol. The first-order valence-electron chi connectivity index (χ1n) is 8.54. The number of hydrogen-bond donors (Lipinski definition) is 1. The lowest BCUT2D eigenvalue weighted by molar-refractivity contribution is -0.384. The number of anilines is 1. The minimum atomic E-state index is -0.508. The molecule has 0 saturated heterocycles. The highest BCUT2D eigenvalue weighted by Crippen LogP contribution is 2.28. The Labute approximate surface area is 159 Å². The molecule has 3 aromatic carbocycles. The molecule has 28 heavy (non-hydrogen) atoms. The molecule has 0 aliphatic heterocycles. The van der Waals surface area contributed by atoms with Crippen LogP contribution in [0.15, 0.2) is 71.1 Å². The molecule has 0 aliphatic carbocycles. The lowest BCUT2D eigenvalue weighted by atomic mass is 10.1. The van der Waals surface area contributed by atoms with Crippen LogP contribution in [0, 0.1) is 17.0 Å². The van der Waals surface area contributed by atoms with Crippen molar-refractivity contribution in [2.45, 2.75) is 6.92 Å². The first kappa shape index (κ1) is 17.4. The molecule has 0 aliphatic rings. The highest BCUT2D eigenvalue weighted by Gasteiger charge is 2.13. The van der Waals surface area contributed by atoms with Crippen LogP contribution in [0.3, 0.4) is 0 Å². The van der Waals surface area contributed by atoms with Crippen LogP contribution in [0.25, 0.3) is 22.6 Å². The monoisotopic (exact) mass is 373 g/mol. The van der Waals surface area contributed by atoms with E-state index in [-0.39, 0.29) is 11.6 Å². The van der Waals surface area contributed by atoms with Gasteiger partial charge in [-0.15, -0.1) is 0 Å². The molecule has 4 aromatic rings. The van der Waals surface area contributed by atoms with Gasteiger partial charge >= 0.3 is 0 Å². The van der Waals surface area contributed by atoms with Crippen molar-refractivity contribution in [2.75, 3.05) is 5.32 Å². The fourth-order valence-electron chi connectivity index (χ4n) is 2.87. The molecule has 1 N–H and O–H groups in total. The number of aromatic nitrogens is 1. The second-order valence-corrected chi connectivity index (χ2v) is 6.27. The number of non-ortho nitro benzene ring substituents is 1. The Morgan fingerprint density at radius 1 is 1.07 bits per heavy atom. The van der Waals surface area contributed by atoms with Crippen LogP contribution in [-0.2, 0) is 0 Å². The van der Waals surface area contributed by atoms with Crippen molar-refractivity contribution in [1.82, 2.24) is 4.98 Å². The third-order valence-corrected chi connectivity index (χ3v) is 4.36. The Balaban J connectivity index is 1.58. The first-order chi connectivity index (χ1) is 13.5. The lowest BCUT2D eigenvalue weighted by Gasteiger charge is -2.04. The smallest absolute Gasteiger partial charge is 0.269 e. The average Bonchev–Trinajstić information content (AvgIpc) is 3.11. The van der Waals surface area contributed by atoms with Gasteiger partial charge in [-0.25, -0.2) is 4.98 Å². The minimum Gasteiger partial charge on any atom is -0.436 e. The number of hydrogen-bond acceptors (Lipinski definition) is 5. The van der Waals surface area contributed by atoms with Crippen molar-refractivity contribution in [3.63, 3.8) is 0 Å². The molecule has 0 unspecified atom stereocenters. The molecule has 1 aromatic heterocycles. The van der Waals surface area contributed by atoms with Gasteiger partial charge in [-0.05, 0) is 48.9 Å². The number of carbonyl (C=O) groups is 1. The van der Waals surface area contributed by atoms with E-state index in [4.69, 9.17) is 4.42 Å². The summed E-state index contributed by atoms with van der Waals surface area (Å²) in [7, 11) is 0. The summed E-state index contributed by atoms with van der Waals surface area (Å²) in [4.78, 5) is 27.1. The maximum absolute atomic E-state index is 12.4. The number of nitrogens with zero attached hydrogens (tertiary/aromatic N) is 2. The largest absolute Gasteiger partial charge is 0.436 e. The zero-order chi connectivity index (χ0) is 19.7. The first-order valence-corrected chi connectivity index (χ1v) is 8.54. The minimum absolute atomic E-state index is 0.0655. The van der Waals surface area contributed by atoms with Crippen molar-refractivity contribution in [3.05, 3.63) is 88.0 Å². The number of nitro benzene ring substituents is 1. The van der Waals surface area contributed by atoms with Gasteiger partial charge in [-0.1, -0.05) is 18.2 Å². The molecule has 0 atom stereocenters. The zero-order valence-electron chi connectivity index (χ0n) is 14.9. The van der Waals surface area contributed by atoms with E-state index in [1.807, 2.05) is 31.2 Å². The number of oxazole rings is 1. The van der Waals surface area contributed by atoms with Crippen LogP contribution in [-0.4, -0.2) is 15.8 Å². The molecule has 0 radical (unpaired) electrons. The number of carbonyl (C=O) groups excluding carboxylic acids is 1. The van der Waals surface area contributed by atoms with Gasteiger partial charge in [0, 0.05) is 28.9 Å². The van der Waals surface area contributed by atoms with Crippen molar-refractivity contribution < 1.29 is 14.1 Å². The Bertz CT molecular complexity index is 1200. The maximum Gasteiger partial charge on any atom is 0.269 e. The van der Waals surface area contributed by atoms with Gasteiger partial charge < -0.3 is 9.73 Å². The van der Waals surface area contributed by atoms with Crippen LogP contribution in [0.1, 0.15) is 15.9 Å². The van der Waals surface area contributed by atoms with E-state index >= 15 is 0 Å². The van der Waals surface area contributed by atoms with Gasteiger partial charge in [-0.3, -0.25) is 14.9 Å². The fraction of sp³-hybridized carbons (Fsp3) is 0.0476. The topological polar surface area (TPSA) is 98.3 Å². The van der Waals surface area contributed by atoms with Crippen LogP contribution in [0.2, 0.25) is 0 Å². The summed E-state index contributed by atoms with van der Waals surface area (Å²) in [6, 6.07) is 18.4. The Hall–Kier alpha value is -4.00. The maximum atomic E-state index is 12.4. The van der Waals surface area contributed by atoms with Gasteiger partial charge in [0.1, 0.15) is 5.52 Å². The highest BCUT2D eigenvalue weighted by atomic mass is 16.6.